The molecule has 1 aliphatic rings. The van der Waals surface area contributed by atoms with E-state index >= 15 is 0 Å². The van der Waals surface area contributed by atoms with Crippen LogP contribution in [0.4, 0.5) is 0 Å². The van der Waals surface area contributed by atoms with Crippen molar-refractivity contribution in [3.05, 3.63) is 22.7 Å². The van der Waals surface area contributed by atoms with Crippen LogP contribution in [0.25, 0.3) is 6.08 Å². The van der Waals surface area contributed by atoms with Gasteiger partial charge in [0.15, 0.2) is 0 Å². The molecule has 1 aromatic heterocycles. The first-order valence-electron chi connectivity index (χ1n) is 4.87. The van der Waals surface area contributed by atoms with Crippen LogP contribution in [0, 0.1) is 0 Å². The Labute approximate surface area is 88.4 Å². The summed E-state index contributed by atoms with van der Waals surface area (Å²) in [7, 11) is 1.97. The van der Waals surface area contributed by atoms with Crippen LogP contribution in [0.15, 0.2) is 12.0 Å². The second-order valence-electron chi connectivity index (χ2n) is 3.39. The summed E-state index contributed by atoms with van der Waals surface area (Å²) in [6, 6.07) is 0.457. The zero-order valence-electron chi connectivity index (χ0n) is 8.36. The topological polar surface area (TPSA) is 28.2 Å². The van der Waals surface area contributed by atoms with Crippen LogP contribution in [0.1, 0.15) is 29.6 Å². The summed E-state index contributed by atoms with van der Waals surface area (Å²) in [5.74, 6) is 0. The van der Waals surface area contributed by atoms with E-state index in [4.69, 9.17) is 0 Å². The second kappa shape index (κ2) is 4.21. The van der Waals surface area contributed by atoms with E-state index < -0.39 is 0 Å². The van der Waals surface area contributed by atoms with Gasteiger partial charge in [-0.25, -0.2) is 9.99 Å². The van der Waals surface area contributed by atoms with E-state index in [9.17, 15) is 0 Å². The Morgan fingerprint density at radius 1 is 1.79 bits per heavy atom. The summed E-state index contributed by atoms with van der Waals surface area (Å²) in [5, 5.41) is 5.52. The summed E-state index contributed by atoms with van der Waals surface area (Å²) < 4.78 is 0. The van der Waals surface area contributed by atoms with Crippen LogP contribution in [-0.2, 0) is 0 Å². The highest BCUT2D eigenvalue weighted by Crippen LogP contribution is 2.31. The summed E-state index contributed by atoms with van der Waals surface area (Å²) in [6.07, 6.45) is 4.25. The second-order valence-corrected chi connectivity index (χ2v) is 4.28. The Bertz CT molecular complexity index is 321. The fourth-order valence-electron chi connectivity index (χ4n) is 1.84. The van der Waals surface area contributed by atoms with E-state index in [1.165, 1.54) is 17.8 Å². The predicted molar refractivity (Wildman–Crippen MR) is 59.9 cm³/mol. The Morgan fingerprint density at radius 2 is 2.64 bits per heavy atom. The van der Waals surface area contributed by atoms with Crippen molar-refractivity contribution in [3.63, 3.8) is 0 Å². The van der Waals surface area contributed by atoms with E-state index in [1.54, 1.807) is 17.4 Å². The Morgan fingerprint density at radius 3 is 3.29 bits per heavy atom. The summed E-state index contributed by atoms with van der Waals surface area (Å²) in [5.41, 5.74) is 4.21. The van der Waals surface area contributed by atoms with Crippen molar-refractivity contribution >= 4 is 17.4 Å². The molecule has 14 heavy (non-hydrogen) atoms. The molecule has 1 N–H and O–H groups in total. The largest absolute Gasteiger partial charge is 0.258 e. The van der Waals surface area contributed by atoms with E-state index in [0.717, 1.165) is 12.2 Å². The third kappa shape index (κ3) is 1.73. The third-order valence-corrected chi connectivity index (χ3v) is 3.54. The zero-order chi connectivity index (χ0) is 9.97. The van der Waals surface area contributed by atoms with Crippen LogP contribution >= 0.6 is 11.3 Å². The molecule has 0 bridgehead atoms. The first kappa shape index (κ1) is 9.83. The van der Waals surface area contributed by atoms with Gasteiger partial charge in [-0.05, 0) is 26.0 Å². The molecule has 3 nitrogen and oxygen atoms in total. The first-order chi connectivity index (χ1) is 6.85. The normalized spacial score (nSPS) is 22.8. The van der Waals surface area contributed by atoms with Gasteiger partial charge in [0.05, 0.1) is 11.7 Å². The van der Waals surface area contributed by atoms with Crippen LogP contribution in [0.5, 0.6) is 0 Å². The molecule has 1 saturated heterocycles. The lowest BCUT2D eigenvalue weighted by Crippen LogP contribution is -2.34. The van der Waals surface area contributed by atoms with Crippen molar-refractivity contribution in [2.45, 2.75) is 18.9 Å². The minimum atomic E-state index is 0.457. The van der Waals surface area contributed by atoms with Gasteiger partial charge in [-0.2, -0.15) is 0 Å². The fraction of sp³-hybridized carbons (Fsp3) is 0.500. The molecule has 76 valence electrons. The maximum absolute atomic E-state index is 4.53. The Balaban J connectivity index is 2.17. The molecule has 1 unspecified atom stereocenters. The monoisotopic (exact) mass is 209 g/mol. The highest BCUT2D eigenvalue weighted by Gasteiger charge is 2.27. The smallest absolute Gasteiger partial charge is 0.112 e. The Kier molecular flexibility index (Phi) is 2.96. The van der Waals surface area contributed by atoms with Crippen molar-refractivity contribution in [2.75, 3.05) is 13.6 Å². The molecule has 0 saturated carbocycles. The third-order valence-electron chi connectivity index (χ3n) is 2.57. The molecule has 0 radical (unpaired) electrons. The number of hydrogen-bond donors (Lipinski definition) is 1. The predicted octanol–water partition coefficient (Wildman–Crippen LogP) is 2.06. The number of nitrogens with zero attached hydrogens (tertiary/aromatic N) is 2. The van der Waals surface area contributed by atoms with E-state index in [-0.39, 0.29) is 0 Å². The molecule has 1 aromatic rings. The van der Waals surface area contributed by atoms with Crippen molar-refractivity contribution in [1.29, 1.82) is 0 Å². The number of aromatic nitrogens is 1. The quantitative estimate of drug-likeness (QED) is 0.826. The molecule has 2 rings (SSSR count). The van der Waals surface area contributed by atoms with E-state index in [0.29, 0.717) is 6.04 Å². The van der Waals surface area contributed by atoms with Gasteiger partial charge in [0.2, 0.25) is 0 Å². The summed E-state index contributed by atoms with van der Waals surface area (Å²) >= 11 is 1.73. The van der Waals surface area contributed by atoms with Gasteiger partial charge in [-0.1, -0.05) is 6.58 Å². The van der Waals surface area contributed by atoms with Gasteiger partial charge in [-0.3, -0.25) is 5.43 Å². The highest BCUT2D eigenvalue weighted by atomic mass is 32.1. The lowest BCUT2D eigenvalue weighted by Gasteiger charge is -2.20. The van der Waals surface area contributed by atoms with Crippen LogP contribution in [0.2, 0.25) is 0 Å². The molecular formula is C10H15N3S. The van der Waals surface area contributed by atoms with Gasteiger partial charge in [0, 0.05) is 11.9 Å². The molecule has 0 amide bonds. The lowest BCUT2D eigenvalue weighted by molar-refractivity contribution is 0.190. The minimum absolute atomic E-state index is 0.457. The molecule has 1 aliphatic heterocycles. The van der Waals surface area contributed by atoms with E-state index in [2.05, 4.69) is 27.4 Å². The van der Waals surface area contributed by atoms with Gasteiger partial charge in [0.25, 0.3) is 0 Å². The van der Waals surface area contributed by atoms with Gasteiger partial charge in [-0.15, -0.1) is 11.3 Å². The number of rotatable bonds is 3. The van der Waals surface area contributed by atoms with Crippen LogP contribution < -0.4 is 5.43 Å². The maximum Gasteiger partial charge on any atom is 0.112 e. The highest BCUT2D eigenvalue weighted by molar-refractivity contribution is 7.09. The molecule has 1 fully saturated rings. The number of nitrogens with one attached hydrogen (secondary N) is 1. The van der Waals surface area contributed by atoms with Gasteiger partial charge < -0.3 is 0 Å². The Hall–Kier alpha value is -0.710. The molecule has 0 aromatic carbocycles. The minimum Gasteiger partial charge on any atom is -0.258 e. The average molecular weight is 209 g/mol. The summed E-state index contributed by atoms with van der Waals surface area (Å²) in [4.78, 5) is 4.53. The van der Waals surface area contributed by atoms with Gasteiger partial charge in [0.1, 0.15) is 5.01 Å². The summed E-state index contributed by atoms with van der Waals surface area (Å²) in [6.45, 7) is 4.84. The number of thiazole rings is 1. The van der Waals surface area contributed by atoms with Crippen LogP contribution in [0.3, 0.4) is 0 Å². The SMILES string of the molecule is C=Cc1csc(C2CCCN2NC)n1. The lowest BCUT2D eigenvalue weighted by atomic mass is 10.2. The standard InChI is InChI=1S/C10H15N3S/c1-3-8-7-14-10(12-8)9-5-4-6-13(9)11-2/h3,7,9,11H,1,4-6H2,2H3. The van der Waals surface area contributed by atoms with Crippen molar-refractivity contribution in [2.24, 2.45) is 0 Å². The van der Waals surface area contributed by atoms with Gasteiger partial charge >= 0.3 is 0 Å². The average Bonchev–Trinajstić information content (AvgIpc) is 2.85. The van der Waals surface area contributed by atoms with Crippen molar-refractivity contribution in [3.8, 4) is 0 Å². The first-order valence-corrected chi connectivity index (χ1v) is 5.75. The van der Waals surface area contributed by atoms with Crippen molar-refractivity contribution in [1.82, 2.24) is 15.4 Å². The van der Waals surface area contributed by atoms with Crippen molar-refractivity contribution < 1.29 is 0 Å². The molecule has 1 atom stereocenters. The zero-order valence-corrected chi connectivity index (χ0v) is 9.18. The maximum atomic E-state index is 4.53. The molecule has 4 heteroatoms. The molecule has 0 aliphatic carbocycles. The molecular weight excluding hydrogens is 194 g/mol. The number of hydrazine groups is 1. The molecule has 2 heterocycles. The number of hydrogen-bond acceptors (Lipinski definition) is 4. The molecule has 0 spiro atoms. The van der Waals surface area contributed by atoms with E-state index in [1.807, 2.05) is 7.05 Å². The van der Waals surface area contributed by atoms with Crippen LogP contribution in [-0.4, -0.2) is 23.6 Å². The fourth-order valence-corrected chi connectivity index (χ4v) is 2.79.